The van der Waals surface area contributed by atoms with Crippen molar-refractivity contribution in [1.82, 2.24) is 0 Å². The van der Waals surface area contributed by atoms with Crippen LogP contribution in [0.15, 0.2) is 12.1 Å². The van der Waals surface area contributed by atoms with Gasteiger partial charge in [-0.2, -0.15) is 0 Å². The Morgan fingerprint density at radius 1 is 1.64 bits per heavy atom. The first-order valence-electron chi connectivity index (χ1n) is 2.67. The zero-order chi connectivity index (χ0) is 7.56. The number of nitrogens with two attached hydrogens (primary N) is 1. The number of nitrogen functional groups attached to an aromatic ring is 1. The summed E-state index contributed by atoms with van der Waals surface area (Å²) in [4.78, 5) is 11.3. The Balaban J connectivity index is 0.000001000. The Bertz CT molecular complexity index is 248. The van der Waals surface area contributed by atoms with Gasteiger partial charge >= 0.3 is 5.97 Å². The van der Waals surface area contributed by atoms with Gasteiger partial charge in [0.1, 0.15) is 4.88 Å². The van der Waals surface area contributed by atoms with Gasteiger partial charge in [-0.05, 0) is 12.1 Å². The summed E-state index contributed by atoms with van der Waals surface area (Å²) in [6, 6.07) is 3.32. The minimum Gasteiger partial charge on any atom is -0.465 e. The topological polar surface area (TPSA) is 52.3 Å². The van der Waals surface area contributed by atoms with E-state index < -0.39 is 0 Å². The molecule has 5 heteroatoms. The molecule has 1 rings (SSSR count). The maximum Gasteiger partial charge on any atom is 0.348 e. The fourth-order valence-corrected chi connectivity index (χ4v) is 1.26. The molecule has 2 N–H and O–H groups in total. The lowest BCUT2D eigenvalue weighted by atomic mass is 10.5. The second-order valence-corrected chi connectivity index (χ2v) is 2.81. The predicted molar refractivity (Wildman–Crippen MR) is 47.3 cm³/mol. The Labute approximate surface area is 74.6 Å². The molecule has 0 aliphatic heterocycles. The number of rotatable bonds is 1. The largest absolute Gasteiger partial charge is 0.465 e. The molecule has 11 heavy (non-hydrogen) atoms. The van der Waals surface area contributed by atoms with Crippen molar-refractivity contribution >= 4 is 34.7 Å². The van der Waals surface area contributed by atoms with Crippen LogP contribution in [0, 0.1) is 0 Å². The number of hydrogen-bond donors (Lipinski definition) is 1. The molecule has 0 spiro atoms. The van der Waals surface area contributed by atoms with Crippen LogP contribution in [0.4, 0.5) is 5.00 Å². The van der Waals surface area contributed by atoms with Crippen LogP contribution in [0.1, 0.15) is 9.67 Å². The molecule has 0 unspecified atom stereocenters. The number of hydrogen-bond acceptors (Lipinski definition) is 4. The predicted octanol–water partition coefficient (Wildman–Crippen LogP) is 1.54. The average Bonchev–Trinajstić information content (AvgIpc) is 2.34. The third-order valence-corrected chi connectivity index (χ3v) is 1.91. The number of thiophene rings is 1. The van der Waals surface area contributed by atoms with Gasteiger partial charge < -0.3 is 10.5 Å². The Morgan fingerprint density at radius 2 is 2.27 bits per heavy atom. The molecule has 1 aromatic rings. The van der Waals surface area contributed by atoms with E-state index in [2.05, 4.69) is 4.74 Å². The number of carbonyl (C=O) groups is 1. The lowest BCUT2D eigenvalue weighted by Gasteiger charge is -1.90. The van der Waals surface area contributed by atoms with E-state index in [4.69, 9.17) is 5.73 Å². The van der Waals surface area contributed by atoms with E-state index in [9.17, 15) is 4.79 Å². The summed E-state index contributed by atoms with van der Waals surface area (Å²) in [6.07, 6.45) is 0. The van der Waals surface area contributed by atoms with Crippen molar-refractivity contribution in [3.05, 3.63) is 17.0 Å². The summed E-state index contributed by atoms with van der Waals surface area (Å²) in [7, 11) is 1.35. The Hall–Kier alpha value is -0.740. The van der Waals surface area contributed by atoms with E-state index in [0.717, 1.165) is 0 Å². The fourth-order valence-electron chi connectivity index (χ4n) is 0.563. The highest BCUT2D eigenvalue weighted by atomic mass is 35.5. The van der Waals surface area contributed by atoms with Crippen LogP contribution in [0.25, 0.3) is 0 Å². The van der Waals surface area contributed by atoms with Crippen LogP contribution in [-0.2, 0) is 4.74 Å². The number of methoxy groups -OCH3 is 1. The monoisotopic (exact) mass is 193 g/mol. The zero-order valence-corrected chi connectivity index (χ0v) is 7.50. The van der Waals surface area contributed by atoms with Crippen molar-refractivity contribution in [2.24, 2.45) is 0 Å². The van der Waals surface area contributed by atoms with E-state index >= 15 is 0 Å². The first kappa shape index (κ1) is 10.3. The number of anilines is 1. The molecule has 0 saturated heterocycles. The summed E-state index contributed by atoms with van der Waals surface area (Å²) in [5, 5.41) is 0.625. The van der Waals surface area contributed by atoms with Gasteiger partial charge in [-0.3, -0.25) is 0 Å². The average molecular weight is 194 g/mol. The number of ether oxygens (including phenoxy) is 1. The van der Waals surface area contributed by atoms with Crippen molar-refractivity contribution in [2.75, 3.05) is 12.8 Å². The molecule has 3 nitrogen and oxygen atoms in total. The third-order valence-electron chi connectivity index (χ3n) is 1.01. The molecular formula is C6H8ClNO2S. The molecule has 0 aliphatic carbocycles. The molecule has 0 saturated carbocycles. The van der Waals surface area contributed by atoms with Gasteiger partial charge in [0.15, 0.2) is 0 Å². The van der Waals surface area contributed by atoms with Gasteiger partial charge in [0.05, 0.1) is 12.1 Å². The van der Waals surface area contributed by atoms with Gasteiger partial charge in [-0.1, -0.05) is 0 Å². The van der Waals surface area contributed by atoms with E-state index in [1.165, 1.54) is 18.4 Å². The SMILES string of the molecule is COC(=O)c1ccc(N)s1.Cl. The van der Waals surface area contributed by atoms with E-state index in [1.807, 2.05) is 0 Å². The number of carbonyl (C=O) groups excluding carboxylic acids is 1. The summed E-state index contributed by atoms with van der Waals surface area (Å²) < 4.78 is 4.47. The maximum atomic E-state index is 10.8. The molecule has 62 valence electrons. The minimum absolute atomic E-state index is 0. The fraction of sp³-hybridized carbons (Fsp3) is 0.167. The highest BCUT2D eigenvalue weighted by molar-refractivity contribution is 7.17. The van der Waals surface area contributed by atoms with Crippen molar-refractivity contribution in [1.29, 1.82) is 0 Å². The van der Waals surface area contributed by atoms with Crippen molar-refractivity contribution < 1.29 is 9.53 Å². The van der Waals surface area contributed by atoms with Crippen LogP contribution < -0.4 is 5.73 Å². The number of halogens is 1. The van der Waals surface area contributed by atoms with Gasteiger partial charge in [0, 0.05) is 0 Å². The summed E-state index contributed by atoms with van der Waals surface area (Å²) in [5.41, 5.74) is 5.38. The lowest BCUT2D eigenvalue weighted by Crippen LogP contribution is -1.96. The molecule has 0 fully saturated rings. The van der Waals surface area contributed by atoms with Crippen LogP contribution in [0.3, 0.4) is 0 Å². The van der Waals surface area contributed by atoms with Crippen LogP contribution in [0.2, 0.25) is 0 Å². The molecule has 0 aromatic carbocycles. The quantitative estimate of drug-likeness (QED) is 0.689. The van der Waals surface area contributed by atoms with E-state index in [0.29, 0.717) is 9.88 Å². The highest BCUT2D eigenvalue weighted by Crippen LogP contribution is 2.18. The van der Waals surface area contributed by atoms with Crippen LogP contribution in [0.5, 0.6) is 0 Å². The molecule has 0 bridgehead atoms. The second-order valence-electron chi connectivity index (χ2n) is 1.69. The normalized spacial score (nSPS) is 8.45. The van der Waals surface area contributed by atoms with E-state index in [-0.39, 0.29) is 18.4 Å². The molecule has 1 aromatic heterocycles. The third kappa shape index (κ3) is 2.40. The van der Waals surface area contributed by atoms with Crippen molar-refractivity contribution in [3.8, 4) is 0 Å². The van der Waals surface area contributed by atoms with Crippen LogP contribution >= 0.6 is 23.7 Å². The van der Waals surface area contributed by atoms with Crippen molar-refractivity contribution in [2.45, 2.75) is 0 Å². The zero-order valence-electron chi connectivity index (χ0n) is 5.87. The van der Waals surface area contributed by atoms with Crippen LogP contribution in [-0.4, -0.2) is 13.1 Å². The molecule has 0 radical (unpaired) electrons. The summed E-state index contributed by atoms with van der Waals surface area (Å²) in [6.45, 7) is 0. The molecule has 1 heterocycles. The van der Waals surface area contributed by atoms with Gasteiger partial charge in [-0.15, -0.1) is 23.7 Å². The van der Waals surface area contributed by atoms with Gasteiger partial charge in [-0.25, -0.2) is 4.79 Å². The molecular weight excluding hydrogens is 186 g/mol. The smallest absolute Gasteiger partial charge is 0.348 e. The van der Waals surface area contributed by atoms with Gasteiger partial charge in [0.25, 0.3) is 0 Å². The minimum atomic E-state index is -0.332. The lowest BCUT2D eigenvalue weighted by molar-refractivity contribution is 0.0606. The maximum absolute atomic E-state index is 10.8. The summed E-state index contributed by atoms with van der Waals surface area (Å²) >= 11 is 1.22. The first-order chi connectivity index (χ1) is 4.74. The number of esters is 1. The molecule has 0 amide bonds. The first-order valence-corrected chi connectivity index (χ1v) is 3.49. The van der Waals surface area contributed by atoms with Crippen molar-refractivity contribution in [3.63, 3.8) is 0 Å². The van der Waals surface area contributed by atoms with Gasteiger partial charge in [0.2, 0.25) is 0 Å². The highest BCUT2D eigenvalue weighted by Gasteiger charge is 2.06. The second kappa shape index (κ2) is 4.20. The molecule has 0 aliphatic rings. The summed E-state index contributed by atoms with van der Waals surface area (Å²) in [5.74, 6) is -0.332. The molecule has 0 atom stereocenters. The standard InChI is InChI=1S/C6H7NO2S.ClH/c1-9-6(8)4-2-3-5(7)10-4;/h2-3H,7H2,1H3;1H. The van der Waals surface area contributed by atoms with E-state index in [1.54, 1.807) is 12.1 Å². The Morgan fingerprint density at radius 3 is 2.64 bits per heavy atom. The Kier molecular flexibility index (Phi) is 3.92.